The van der Waals surface area contributed by atoms with Crippen molar-refractivity contribution in [3.05, 3.63) is 34.3 Å². The molecule has 0 bridgehead atoms. The lowest BCUT2D eigenvalue weighted by Crippen LogP contribution is -2.24. The van der Waals surface area contributed by atoms with Crippen LogP contribution in [0.1, 0.15) is 23.5 Å². The molecular weight excluding hydrogens is 374 g/mol. The predicted molar refractivity (Wildman–Crippen MR) is 98.8 cm³/mol. The van der Waals surface area contributed by atoms with Crippen molar-refractivity contribution in [2.45, 2.75) is 12.3 Å². The molecule has 0 radical (unpaired) electrons. The molecule has 2 aliphatic heterocycles. The maximum Gasteiger partial charge on any atom is 0.231 e. The second-order valence-corrected chi connectivity index (χ2v) is 6.55. The van der Waals surface area contributed by atoms with E-state index >= 15 is 0 Å². The number of methoxy groups -OCH3 is 3. The molecule has 2 heterocycles. The second kappa shape index (κ2) is 6.74. The number of fused-ring (bicyclic) bond motifs is 2. The molecule has 2 aromatic rings. The van der Waals surface area contributed by atoms with Crippen LogP contribution in [0.3, 0.4) is 0 Å². The lowest BCUT2D eigenvalue weighted by Gasteiger charge is -2.30. The van der Waals surface area contributed by atoms with Crippen LogP contribution in [0.15, 0.2) is 18.2 Å². The fourth-order valence-electron chi connectivity index (χ4n) is 3.58. The summed E-state index contributed by atoms with van der Waals surface area (Å²) in [6, 6.07) is 5.24. The fourth-order valence-corrected chi connectivity index (χ4v) is 3.87. The van der Waals surface area contributed by atoms with Crippen molar-refractivity contribution in [3.8, 4) is 28.7 Å². The van der Waals surface area contributed by atoms with Gasteiger partial charge in [0.05, 0.1) is 27.0 Å². The molecule has 142 valence electrons. The Labute approximate surface area is 161 Å². The number of nitrogens with one attached hydrogen (secondary N) is 1. The van der Waals surface area contributed by atoms with E-state index in [1.165, 1.54) is 14.2 Å². The van der Waals surface area contributed by atoms with Crippen LogP contribution < -0.4 is 29.0 Å². The summed E-state index contributed by atoms with van der Waals surface area (Å²) in [5.41, 5.74) is 2.12. The van der Waals surface area contributed by atoms with E-state index in [1.54, 1.807) is 19.2 Å². The van der Waals surface area contributed by atoms with Gasteiger partial charge in [-0.1, -0.05) is 11.6 Å². The van der Waals surface area contributed by atoms with Crippen molar-refractivity contribution >= 4 is 23.2 Å². The Morgan fingerprint density at radius 2 is 1.74 bits per heavy atom. The molecule has 0 aromatic heterocycles. The normalized spacial score (nSPS) is 17.2. The van der Waals surface area contributed by atoms with Crippen LogP contribution in [0.25, 0.3) is 0 Å². The molecular formula is C19H18ClNO6. The highest BCUT2D eigenvalue weighted by atomic mass is 35.5. The Hall–Kier alpha value is -2.80. The van der Waals surface area contributed by atoms with Crippen molar-refractivity contribution in [2.75, 3.05) is 33.4 Å². The van der Waals surface area contributed by atoms with Gasteiger partial charge in [-0.3, -0.25) is 4.79 Å². The molecule has 2 aliphatic rings. The third kappa shape index (κ3) is 2.78. The Kier molecular flexibility index (Phi) is 4.39. The van der Waals surface area contributed by atoms with E-state index in [1.807, 2.05) is 6.07 Å². The minimum absolute atomic E-state index is 0.129. The minimum Gasteiger partial charge on any atom is -0.493 e. The van der Waals surface area contributed by atoms with Crippen molar-refractivity contribution in [2.24, 2.45) is 0 Å². The maximum atomic E-state index is 12.4. The monoisotopic (exact) mass is 391 g/mol. The molecule has 7 nitrogen and oxygen atoms in total. The molecule has 0 saturated heterocycles. The number of rotatable bonds is 4. The Morgan fingerprint density at radius 3 is 2.41 bits per heavy atom. The van der Waals surface area contributed by atoms with Gasteiger partial charge in [-0.15, -0.1) is 0 Å². The third-order valence-corrected chi connectivity index (χ3v) is 5.08. The van der Waals surface area contributed by atoms with Gasteiger partial charge in [-0.05, 0) is 11.6 Å². The molecule has 1 atom stereocenters. The van der Waals surface area contributed by atoms with Crippen molar-refractivity contribution in [3.63, 3.8) is 0 Å². The molecule has 1 N–H and O–H groups in total. The summed E-state index contributed by atoms with van der Waals surface area (Å²) < 4.78 is 27.4. The summed E-state index contributed by atoms with van der Waals surface area (Å²) in [5.74, 6) is 2.12. The smallest absolute Gasteiger partial charge is 0.231 e. The first kappa shape index (κ1) is 17.6. The highest BCUT2D eigenvalue weighted by Crippen LogP contribution is 2.53. The first-order valence-corrected chi connectivity index (χ1v) is 8.66. The van der Waals surface area contributed by atoms with E-state index in [2.05, 4.69) is 5.32 Å². The van der Waals surface area contributed by atoms with Gasteiger partial charge in [0.25, 0.3) is 0 Å². The lowest BCUT2D eigenvalue weighted by molar-refractivity contribution is -0.116. The van der Waals surface area contributed by atoms with E-state index in [4.69, 9.17) is 35.3 Å². The average Bonchev–Trinajstić information content (AvgIpc) is 3.11. The Morgan fingerprint density at radius 1 is 1.04 bits per heavy atom. The van der Waals surface area contributed by atoms with Crippen LogP contribution in [0.2, 0.25) is 5.02 Å². The van der Waals surface area contributed by atoms with E-state index in [-0.39, 0.29) is 25.0 Å². The minimum atomic E-state index is -0.342. The van der Waals surface area contributed by atoms with E-state index in [0.29, 0.717) is 39.5 Å². The summed E-state index contributed by atoms with van der Waals surface area (Å²) in [7, 11) is 4.61. The van der Waals surface area contributed by atoms with E-state index in [0.717, 1.165) is 11.1 Å². The third-order valence-electron chi connectivity index (χ3n) is 4.75. The molecule has 0 fully saturated rings. The second-order valence-electron chi connectivity index (χ2n) is 6.14. The number of anilines is 1. The van der Waals surface area contributed by atoms with Gasteiger partial charge in [0.15, 0.2) is 23.0 Å². The Balaban J connectivity index is 1.94. The number of carbonyl (C=O) groups is 1. The average molecular weight is 392 g/mol. The largest absolute Gasteiger partial charge is 0.493 e. The van der Waals surface area contributed by atoms with Crippen LogP contribution in [0, 0.1) is 0 Å². The number of hydrogen-bond donors (Lipinski definition) is 1. The number of amides is 1. The van der Waals surface area contributed by atoms with Gasteiger partial charge >= 0.3 is 0 Å². The number of benzene rings is 2. The molecule has 0 aliphatic carbocycles. The van der Waals surface area contributed by atoms with Crippen LogP contribution in [-0.2, 0) is 4.79 Å². The van der Waals surface area contributed by atoms with Gasteiger partial charge in [-0.2, -0.15) is 0 Å². The topological polar surface area (TPSA) is 75.2 Å². The molecule has 1 unspecified atom stereocenters. The van der Waals surface area contributed by atoms with Crippen molar-refractivity contribution < 1.29 is 28.5 Å². The number of halogens is 1. The van der Waals surface area contributed by atoms with Crippen molar-refractivity contribution in [1.29, 1.82) is 0 Å². The maximum absolute atomic E-state index is 12.4. The summed E-state index contributed by atoms with van der Waals surface area (Å²) in [6.07, 6.45) is 0.207. The molecule has 2 aromatic carbocycles. The zero-order valence-electron chi connectivity index (χ0n) is 15.1. The lowest BCUT2D eigenvalue weighted by atomic mass is 9.83. The zero-order chi connectivity index (χ0) is 19.1. The highest BCUT2D eigenvalue weighted by molar-refractivity contribution is 6.31. The molecule has 1 amide bonds. The van der Waals surface area contributed by atoms with Gasteiger partial charge in [0, 0.05) is 35.1 Å². The van der Waals surface area contributed by atoms with E-state index < -0.39 is 0 Å². The van der Waals surface area contributed by atoms with Gasteiger partial charge < -0.3 is 29.0 Å². The fraction of sp³-hybridized carbons (Fsp3) is 0.316. The van der Waals surface area contributed by atoms with Crippen LogP contribution >= 0.6 is 11.6 Å². The van der Waals surface area contributed by atoms with Gasteiger partial charge in [0.2, 0.25) is 18.4 Å². The number of hydrogen-bond acceptors (Lipinski definition) is 6. The highest BCUT2D eigenvalue weighted by Gasteiger charge is 2.35. The molecule has 0 saturated carbocycles. The van der Waals surface area contributed by atoms with Crippen molar-refractivity contribution in [1.82, 2.24) is 0 Å². The van der Waals surface area contributed by atoms with E-state index in [9.17, 15) is 4.79 Å². The first-order valence-electron chi connectivity index (χ1n) is 8.29. The van der Waals surface area contributed by atoms with Gasteiger partial charge in [0.1, 0.15) is 0 Å². The molecule has 4 rings (SSSR count). The summed E-state index contributed by atoms with van der Waals surface area (Å²) >= 11 is 6.52. The Bertz CT molecular complexity index is 929. The SMILES string of the molecule is COc1cc2c(c(OC)c1OC)C(c1cc3c(cc1Cl)OCO3)CC(=O)N2. The molecule has 8 heteroatoms. The van der Waals surface area contributed by atoms with Crippen LogP contribution in [-0.4, -0.2) is 34.0 Å². The summed E-state index contributed by atoms with van der Waals surface area (Å²) in [6.45, 7) is 0.144. The summed E-state index contributed by atoms with van der Waals surface area (Å²) in [5, 5.41) is 3.37. The molecule has 0 spiro atoms. The first-order chi connectivity index (χ1) is 13.1. The quantitative estimate of drug-likeness (QED) is 0.858. The van der Waals surface area contributed by atoms with Gasteiger partial charge in [-0.25, -0.2) is 0 Å². The number of carbonyl (C=O) groups excluding carboxylic acids is 1. The van der Waals surface area contributed by atoms with Crippen LogP contribution in [0.4, 0.5) is 5.69 Å². The van der Waals surface area contributed by atoms with Crippen LogP contribution in [0.5, 0.6) is 28.7 Å². The molecule has 27 heavy (non-hydrogen) atoms. The zero-order valence-corrected chi connectivity index (χ0v) is 15.8. The number of ether oxygens (including phenoxy) is 5. The standard InChI is InChI=1S/C19H18ClNO6/c1-23-15-7-12-17(19(25-3)18(15)24-2)10(5-16(22)21-12)9-4-13-14(6-11(9)20)27-8-26-13/h4,6-7,10H,5,8H2,1-3H3,(H,21,22). The predicted octanol–water partition coefficient (Wildman–Crippen LogP) is 3.57. The summed E-state index contributed by atoms with van der Waals surface area (Å²) in [4.78, 5) is 12.4.